The summed E-state index contributed by atoms with van der Waals surface area (Å²) in [5.41, 5.74) is 0.764. The SMILES string of the molecule is CCC(C)CC(=O)N(CC(=O)O)Cc1cc(OC)cc(OC)c1. The maximum Gasteiger partial charge on any atom is 0.323 e. The lowest BCUT2D eigenvalue weighted by Crippen LogP contribution is -2.35. The van der Waals surface area contributed by atoms with Crippen LogP contribution in [0, 0.1) is 5.92 Å². The average molecular weight is 323 g/mol. The fraction of sp³-hybridized carbons (Fsp3) is 0.529. The zero-order valence-corrected chi connectivity index (χ0v) is 14.2. The first-order chi connectivity index (χ1) is 10.9. The van der Waals surface area contributed by atoms with Crippen LogP contribution in [0.15, 0.2) is 18.2 Å². The molecule has 1 rings (SSSR count). The molecule has 0 radical (unpaired) electrons. The number of benzene rings is 1. The largest absolute Gasteiger partial charge is 0.497 e. The van der Waals surface area contributed by atoms with Crippen molar-refractivity contribution >= 4 is 11.9 Å². The van der Waals surface area contributed by atoms with Gasteiger partial charge in [0.2, 0.25) is 5.91 Å². The molecule has 1 amide bonds. The molecule has 0 saturated heterocycles. The zero-order valence-electron chi connectivity index (χ0n) is 14.2. The highest BCUT2D eigenvalue weighted by Crippen LogP contribution is 2.24. The van der Waals surface area contributed by atoms with E-state index in [1.54, 1.807) is 32.4 Å². The minimum atomic E-state index is -1.03. The van der Waals surface area contributed by atoms with Crippen molar-refractivity contribution in [3.05, 3.63) is 23.8 Å². The summed E-state index contributed by atoms with van der Waals surface area (Å²) in [4.78, 5) is 24.8. The van der Waals surface area contributed by atoms with E-state index in [0.29, 0.717) is 17.9 Å². The van der Waals surface area contributed by atoms with E-state index in [2.05, 4.69) is 0 Å². The van der Waals surface area contributed by atoms with Crippen LogP contribution in [0.3, 0.4) is 0 Å². The molecule has 0 aliphatic heterocycles. The first-order valence-electron chi connectivity index (χ1n) is 7.61. The Bertz CT molecular complexity index is 522. The molecule has 23 heavy (non-hydrogen) atoms. The predicted molar refractivity (Wildman–Crippen MR) is 86.7 cm³/mol. The molecule has 1 N–H and O–H groups in total. The lowest BCUT2D eigenvalue weighted by Gasteiger charge is -2.23. The van der Waals surface area contributed by atoms with Gasteiger partial charge >= 0.3 is 5.97 Å². The van der Waals surface area contributed by atoms with Crippen LogP contribution in [0.5, 0.6) is 11.5 Å². The van der Waals surface area contributed by atoms with Gasteiger partial charge in [-0.05, 0) is 23.6 Å². The Morgan fingerprint density at radius 2 is 1.74 bits per heavy atom. The lowest BCUT2D eigenvalue weighted by molar-refractivity contribution is -0.145. The van der Waals surface area contributed by atoms with E-state index in [1.165, 1.54) is 4.90 Å². The third-order valence-electron chi connectivity index (χ3n) is 3.68. The van der Waals surface area contributed by atoms with Crippen molar-refractivity contribution in [1.29, 1.82) is 0 Å². The fourth-order valence-electron chi connectivity index (χ4n) is 2.15. The van der Waals surface area contributed by atoms with Gasteiger partial charge in [0.05, 0.1) is 14.2 Å². The van der Waals surface area contributed by atoms with Gasteiger partial charge in [0.25, 0.3) is 0 Å². The van der Waals surface area contributed by atoms with Gasteiger partial charge in [-0.3, -0.25) is 9.59 Å². The molecule has 1 unspecified atom stereocenters. The first kappa shape index (κ1) is 18.8. The van der Waals surface area contributed by atoms with Crippen LogP contribution in [0.1, 0.15) is 32.3 Å². The molecule has 0 bridgehead atoms. The van der Waals surface area contributed by atoms with E-state index >= 15 is 0 Å². The second-order valence-corrected chi connectivity index (χ2v) is 5.58. The minimum absolute atomic E-state index is 0.163. The Morgan fingerprint density at radius 1 is 1.17 bits per heavy atom. The van der Waals surface area contributed by atoms with Crippen molar-refractivity contribution in [1.82, 2.24) is 4.90 Å². The van der Waals surface area contributed by atoms with E-state index in [4.69, 9.17) is 14.6 Å². The van der Waals surface area contributed by atoms with Crippen LogP contribution >= 0.6 is 0 Å². The number of ether oxygens (including phenoxy) is 2. The average Bonchev–Trinajstić information content (AvgIpc) is 2.53. The van der Waals surface area contributed by atoms with Crippen LogP contribution in [-0.2, 0) is 16.1 Å². The van der Waals surface area contributed by atoms with Gasteiger partial charge in [0, 0.05) is 19.0 Å². The number of methoxy groups -OCH3 is 2. The van der Waals surface area contributed by atoms with Gasteiger partial charge in [-0.25, -0.2) is 0 Å². The van der Waals surface area contributed by atoms with Gasteiger partial charge < -0.3 is 19.5 Å². The monoisotopic (exact) mass is 323 g/mol. The Morgan fingerprint density at radius 3 is 2.17 bits per heavy atom. The normalized spacial score (nSPS) is 11.7. The molecule has 0 aliphatic carbocycles. The number of carbonyl (C=O) groups is 2. The molecule has 0 heterocycles. The Labute approximate surface area is 137 Å². The molecule has 6 nitrogen and oxygen atoms in total. The number of hydrogen-bond donors (Lipinski definition) is 1. The maximum atomic E-state index is 12.4. The molecule has 0 saturated carbocycles. The van der Waals surface area contributed by atoms with Crippen molar-refractivity contribution in [3.8, 4) is 11.5 Å². The van der Waals surface area contributed by atoms with E-state index in [9.17, 15) is 9.59 Å². The minimum Gasteiger partial charge on any atom is -0.497 e. The fourth-order valence-corrected chi connectivity index (χ4v) is 2.15. The number of hydrogen-bond acceptors (Lipinski definition) is 4. The molecule has 1 aromatic carbocycles. The summed E-state index contributed by atoms with van der Waals surface area (Å²) in [6.45, 7) is 3.86. The molecule has 6 heteroatoms. The van der Waals surface area contributed by atoms with Crippen molar-refractivity contribution in [2.45, 2.75) is 33.2 Å². The number of carbonyl (C=O) groups excluding carboxylic acids is 1. The number of carboxylic acids is 1. The molecular weight excluding hydrogens is 298 g/mol. The predicted octanol–water partition coefficient (Wildman–Crippen LogP) is 2.55. The van der Waals surface area contributed by atoms with Crippen LogP contribution < -0.4 is 9.47 Å². The molecular formula is C17H25NO5. The summed E-state index contributed by atoms with van der Waals surface area (Å²) < 4.78 is 10.4. The van der Waals surface area contributed by atoms with E-state index in [0.717, 1.165) is 12.0 Å². The standard InChI is InChI=1S/C17H25NO5/c1-5-12(2)6-16(19)18(11-17(20)21)10-13-7-14(22-3)9-15(8-13)23-4/h7-9,12H,5-6,10-11H2,1-4H3,(H,20,21). The molecule has 128 valence electrons. The molecule has 0 fully saturated rings. The topological polar surface area (TPSA) is 76.1 Å². The van der Waals surface area contributed by atoms with Crippen LogP contribution in [0.2, 0.25) is 0 Å². The summed E-state index contributed by atoms with van der Waals surface area (Å²) in [6.07, 6.45) is 1.21. The third-order valence-corrected chi connectivity index (χ3v) is 3.68. The third kappa shape index (κ3) is 6.18. The highest BCUT2D eigenvalue weighted by Gasteiger charge is 2.19. The van der Waals surface area contributed by atoms with Crippen LogP contribution in [-0.4, -0.2) is 42.6 Å². The Kier molecular flexibility index (Phi) is 7.38. The second-order valence-electron chi connectivity index (χ2n) is 5.58. The first-order valence-corrected chi connectivity index (χ1v) is 7.61. The van der Waals surface area contributed by atoms with Gasteiger partial charge in [0.1, 0.15) is 18.0 Å². The molecule has 0 aromatic heterocycles. The van der Waals surface area contributed by atoms with Crippen molar-refractivity contribution in [3.63, 3.8) is 0 Å². The number of aliphatic carboxylic acids is 1. The molecule has 1 atom stereocenters. The zero-order chi connectivity index (χ0) is 17.4. The van der Waals surface area contributed by atoms with Crippen molar-refractivity contribution in [2.75, 3.05) is 20.8 Å². The van der Waals surface area contributed by atoms with Gasteiger partial charge in [-0.1, -0.05) is 20.3 Å². The number of rotatable bonds is 9. The Balaban J connectivity index is 2.96. The number of carboxylic acid groups (broad SMARTS) is 1. The lowest BCUT2D eigenvalue weighted by atomic mass is 10.0. The van der Waals surface area contributed by atoms with Crippen molar-refractivity contribution < 1.29 is 24.2 Å². The molecule has 0 aliphatic rings. The highest BCUT2D eigenvalue weighted by atomic mass is 16.5. The maximum absolute atomic E-state index is 12.4. The van der Waals surface area contributed by atoms with Crippen LogP contribution in [0.4, 0.5) is 0 Å². The Hall–Kier alpha value is -2.24. The second kappa shape index (κ2) is 9.02. The van der Waals surface area contributed by atoms with Gasteiger partial charge in [0.15, 0.2) is 0 Å². The van der Waals surface area contributed by atoms with Gasteiger partial charge in [-0.2, -0.15) is 0 Å². The highest BCUT2D eigenvalue weighted by molar-refractivity contribution is 5.81. The number of amides is 1. The summed E-state index contributed by atoms with van der Waals surface area (Å²) in [5, 5.41) is 9.06. The molecule has 0 spiro atoms. The van der Waals surface area contributed by atoms with Gasteiger partial charge in [-0.15, -0.1) is 0 Å². The number of nitrogens with zero attached hydrogens (tertiary/aromatic N) is 1. The molecule has 1 aromatic rings. The van der Waals surface area contributed by atoms with E-state index in [1.807, 2.05) is 13.8 Å². The van der Waals surface area contributed by atoms with Crippen molar-refractivity contribution in [2.24, 2.45) is 5.92 Å². The van der Waals surface area contributed by atoms with Crippen LogP contribution in [0.25, 0.3) is 0 Å². The summed E-state index contributed by atoms with van der Waals surface area (Å²) in [6, 6.07) is 5.27. The summed E-state index contributed by atoms with van der Waals surface area (Å²) in [7, 11) is 3.09. The quantitative estimate of drug-likeness (QED) is 0.756. The summed E-state index contributed by atoms with van der Waals surface area (Å²) in [5.74, 6) is 0.229. The van der Waals surface area contributed by atoms with E-state index < -0.39 is 5.97 Å². The summed E-state index contributed by atoms with van der Waals surface area (Å²) >= 11 is 0. The van der Waals surface area contributed by atoms with E-state index in [-0.39, 0.29) is 24.9 Å². The smallest absolute Gasteiger partial charge is 0.323 e.